The van der Waals surface area contributed by atoms with Gasteiger partial charge in [-0.15, -0.1) is 11.3 Å². The van der Waals surface area contributed by atoms with Crippen molar-refractivity contribution in [3.05, 3.63) is 94.1 Å². The van der Waals surface area contributed by atoms with E-state index < -0.39 is 5.82 Å². The molecule has 0 bridgehead atoms. The van der Waals surface area contributed by atoms with Crippen molar-refractivity contribution in [2.45, 2.75) is 13.5 Å². The molecule has 0 unspecified atom stereocenters. The monoisotopic (exact) mass is 430 g/mol. The van der Waals surface area contributed by atoms with Crippen molar-refractivity contribution in [3.63, 3.8) is 0 Å². The van der Waals surface area contributed by atoms with Crippen LogP contribution in [0.15, 0.2) is 71.6 Å². The molecule has 31 heavy (non-hydrogen) atoms. The smallest absolute Gasteiger partial charge is 0.257 e. The summed E-state index contributed by atoms with van der Waals surface area (Å²) in [5.74, 6) is -0.417. The van der Waals surface area contributed by atoms with Gasteiger partial charge in [-0.1, -0.05) is 18.2 Å². The minimum atomic E-state index is -0.444. The summed E-state index contributed by atoms with van der Waals surface area (Å²) in [6.45, 7) is 2.48. The topological polar surface area (TPSA) is 57.3 Å². The molecule has 7 heteroatoms. The Labute approximate surface area is 183 Å². The first-order valence-electron chi connectivity index (χ1n) is 9.81. The van der Waals surface area contributed by atoms with Gasteiger partial charge in [0.25, 0.3) is 5.91 Å². The van der Waals surface area contributed by atoms with Crippen molar-refractivity contribution >= 4 is 45.8 Å². The third kappa shape index (κ3) is 3.75. The lowest BCUT2D eigenvalue weighted by Crippen LogP contribution is -2.17. The fraction of sp³-hybridized carbons (Fsp3) is 0.0833. The third-order valence-electron chi connectivity index (χ3n) is 5.28. The number of pyridine rings is 1. The number of fused-ring (bicyclic) bond motifs is 2. The molecular weight excluding hydrogens is 411 g/mol. The summed E-state index contributed by atoms with van der Waals surface area (Å²) < 4.78 is 13.5. The lowest BCUT2D eigenvalue weighted by Gasteiger charge is -2.24. The predicted octanol–water partition coefficient (Wildman–Crippen LogP) is 6.24. The molecule has 0 aliphatic carbocycles. The highest BCUT2D eigenvalue weighted by atomic mass is 32.1. The number of rotatable bonds is 3. The number of benzene rings is 2. The van der Waals surface area contributed by atoms with E-state index in [1.54, 1.807) is 36.6 Å². The summed E-state index contributed by atoms with van der Waals surface area (Å²) in [5.41, 5.74) is 6.31. The van der Waals surface area contributed by atoms with E-state index in [-0.39, 0.29) is 5.91 Å². The zero-order valence-electron chi connectivity index (χ0n) is 16.7. The van der Waals surface area contributed by atoms with Crippen molar-refractivity contribution in [1.82, 2.24) is 4.98 Å². The molecule has 5 rings (SSSR count). The Bertz CT molecular complexity index is 1270. The molecule has 4 aromatic rings. The highest BCUT2D eigenvalue weighted by Crippen LogP contribution is 2.40. The van der Waals surface area contributed by atoms with E-state index in [1.165, 1.54) is 17.7 Å². The number of anilines is 5. The summed E-state index contributed by atoms with van der Waals surface area (Å²) in [6, 6.07) is 16.0. The Morgan fingerprint density at radius 2 is 2.00 bits per heavy atom. The van der Waals surface area contributed by atoms with Crippen LogP contribution in [0.25, 0.3) is 0 Å². The number of carbonyl (C=O) groups is 1. The molecule has 2 N–H and O–H groups in total. The number of para-hydroxylation sites is 2. The molecule has 2 aromatic carbocycles. The van der Waals surface area contributed by atoms with Crippen LogP contribution in [0.5, 0.6) is 0 Å². The number of aryl methyl sites for hydroxylation is 1. The molecule has 1 aliphatic heterocycles. The maximum Gasteiger partial charge on any atom is 0.257 e. The summed E-state index contributed by atoms with van der Waals surface area (Å²) in [5, 5.41) is 10.5. The molecule has 154 valence electrons. The number of thiophene rings is 1. The van der Waals surface area contributed by atoms with Gasteiger partial charge in [0.2, 0.25) is 0 Å². The van der Waals surface area contributed by atoms with Gasteiger partial charge in [-0.2, -0.15) is 0 Å². The van der Waals surface area contributed by atoms with Gasteiger partial charge in [0.1, 0.15) is 11.6 Å². The van der Waals surface area contributed by atoms with E-state index in [0.29, 0.717) is 23.5 Å². The van der Waals surface area contributed by atoms with Gasteiger partial charge in [-0.25, -0.2) is 9.37 Å². The Morgan fingerprint density at radius 3 is 2.84 bits per heavy atom. The first kappa shape index (κ1) is 19.3. The molecule has 0 spiro atoms. The summed E-state index contributed by atoms with van der Waals surface area (Å²) >= 11 is 1.67. The molecule has 0 saturated heterocycles. The molecule has 5 nitrogen and oxygen atoms in total. The second-order valence-corrected chi connectivity index (χ2v) is 8.10. The fourth-order valence-corrected chi connectivity index (χ4v) is 4.42. The zero-order valence-corrected chi connectivity index (χ0v) is 17.5. The predicted molar refractivity (Wildman–Crippen MR) is 123 cm³/mol. The average Bonchev–Trinajstić information content (AvgIpc) is 3.15. The Balaban J connectivity index is 1.42. The Morgan fingerprint density at radius 1 is 1.13 bits per heavy atom. The molecule has 0 fully saturated rings. The van der Waals surface area contributed by atoms with Gasteiger partial charge in [-0.05, 0) is 54.3 Å². The molecule has 0 saturated carbocycles. The Hall–Kier alpha value is -3.71. The number of hydrogen-bond donors (Lipinski definition) is 2. The fourth-order valence-electron chi connectivity index (χ4n) is 3.64. The van der Waals surface area contributed by atoms with Gasteiger partial charge >= 0.3 is 0 Å². The molecule has 3 heterocycles. The number of hydrogen-bond acceptors (Lipinski definition) is 5. The van der Waals surface area contributed by atoms with E-state index in [9.17, 15) is 9.18 Å². The van der Waals surface area contributed by atoms with Crippen molar-refractivity contribution < 1.29 is 9.18 Å². The van der Waals surface area contributed by atoms with E-state index in [0.717, 1.165) is 22.7 Å². The van der Waals surface area contributed by atoms with Crippen molar-refractivity contribution in [2.75, 3.05) is 15.5 Å². The molecule has 2 aromatic heterocycles. The molecule has 1 aliphatic rings. The molecular formula is C24H19FN4OS. The van der Waals surface area contributed by atoms with Crippen LogP contribution in [0.2, 0.25) is 0 Å². The van der Waals surface area contributed by atoms with E-state index in [4.69, 9.17) is 0 Å². The highest BCUT2D eigenvalue weighted by Gasteiger charge is 2.21. The first-order valence-corrected chi connectivity index (χ1v) is 10.7. The van der Waals surface area contributed by atoms with Gasteiger partial charge in [-0.3, -0.25) is 4.79 Å². The van der Waals surface area contributed by atoms with Crippen molar-refractivity contribution in [2.24, 2.45) is 0 Å². The lowest BCUT2D eigenvalue weighted by molar-refractivity contribution is 0.102. The maximum absolute atomic E-state index is 13.5. The van der Waals surface area contributed by atoms with Crippen LogP contribution < -0.4 is 15.5 Å². The minimum Gasteiger partial charge on any atom is -0.353 e. The van der Waals surface area contributed by atoms with Gasteiger partial charge in [0.05, 0.1) is 35.5 Å². The van der Waals surface area contributed by atoms with Crippen LogP contribution >= 0.6 is 11.3 Å². The van der Waals surface area contributed by atoms with Crippen LogP contribution in [0.3, 0.4) is 0 Å². The van der Waals surface area contributed by atoms with Gasteiger partial charge < -0.3 is 15.5 Å². The number of carbonyl (C=O) groups excluding carboxylic acids is 1. The number of aromatic nitrogens is 1. The van der Waals surface area contributed by atoms with Crippen molar-refractivity contribution in [3.8, 4) is 0 Å². The summed E-state index contributed by atoms with van der Waals surface area (Å²) in [7, 11) is 0. The van der Waals surface area contributed by atoms with Crippen LogP contribution in [-0.4, -0.2) is 10.9 Å². The molecule has 1 amide bonds. The number of nitrogens with zero attached hydrogens (tertiary/aromatic N) is 2. The quantitative estimate of drug-likeness (QED) is 0.404. The second kappa shape index (κ2) is 7.85. The van der Waals surface area contributed by atoms with Crippen LogP contribution in [0, 0.1) is 12.7 Å². The standard InChI is InChI=1S/C24H19FN4OS/c1-15-6-7-17(25)10-19(15)24(30)28-23-9-8-18(11-26-23)29-12-16-13-31-14-21(16)27-20-4-2-3-5-22(20)29/h2-11,13-14,27H,12H2,1H3,(H,26,28,30). The number of halogens is 1. The summed E-state index contributed by atoms with van der Waals surface area (Å²) in [4.78, 5) is 19.2. The minimum absolute atomic E-state index is 0.295. The normalized spacial score (nSPS) is 12.4. The number of amides is 1. The first-order chi connectivity index (χ1) is 15.1. The van der Waals surface area contributed by atoms with E-state index in [2.05, 4.69) is 43.4 Å². The lowest BCUT2D eigenvalue weighted by atomic mass is 10.1. The SMILES string of the molecule is Cc1ccc(F)cc1C(=O)Nc1ccc(N2Cc3cscc3Nc3ccccc32)cn1. The largest absolute Gasteiger partial charge is 0.353 e. The average molecular weight is 431 g/mol. The van der Waals surface area contributed by atoms with Crippen molar-refractivity contribution in [1.29, 1.82) is 0 Å². The highest BCUT2D eigenvalue weighted by molar-refractivity contribution is 7.08. The molecule has 0 radical (unpaired) electrons. The van der Waals surface area contributed by atoms with Crippen LogP contribution in [-0.2, 0) is 6.54 Å². The second-order valence-electron chi connectivity index (χ2n) is 7.35. The zero-order chi connectivity index (χ0) is 21.4. The molecule has 0 atom stereocenters. The van der Waals surface area contributed by atoms with Gasteiger partial charge in [0.15, 0.2) is 0 Å². The van der Waals surface area contributed by atoms with Crippen LogP contribution in [0.1, 0.15) is 21.5 Å². The van der Waals surface area contributed by atoms with E-state index in [1.807, 2.05) is 18.2 Å². The van der Waals surface area contributed by atoms with Gasteiger partial charge in [0, 0.05) is 16.5 Å². The Kier molecular flexibility index (Phi) is 4.88. The summed E-state index contributed by atoms with van der Waals surface area (Å²) in [6.07, 6.45) is 1.74. The maximum atomic E-state index is 13.5. The third-order valence-corrected chi connectivity index (χ3v) is 6.07. The van der Waals surface area contributed by atoms with E-state index >= 15 is 0 Å². The number of nitrogens with one attached hydrogen (secondary N) is 2. The van der Waals surface area contributed by atoms with Crippen LogP contribution in [0.4, 0.5) is 33.0 Å².